The topological polar surface area (TPSA) is 96.9 Å². The average Bonchev–Trinajstić information content (AvgIpc) is 3.78. The molecule has 0 radical (unpaired) electrons. The van der Waals surface area contributed by atoms with E-state index in [-0.39, 0.29) is 5.75 Å². The van der Waals surface area contributed by atoms with Gasteiger partial charge in [0.25, 0.3) is 0 Å². The molecule has 6 rings (SSSR count). The molecule has 0 atom stereocenters. The first-order valence-electron chi connectivity index (χ1n) is 13.1. The lowest BCUT2D eigenvalue weighted by Gasteiger charge is -2.24. The Hall–Kier alpha value is -3.83. The minimum atomic E-state index is -4.73. The maximum atomic E-state index is 12.5. The zero-order valence-electron chi connectivity index (χ0n) is 21.1. The molecule has 202 valence electrons. The van der Waals surface area contributed by atoms with Crippen molar-refractivity contribution in [1.82, 2.24) is 30.6 Å². The molecule has 2 aliphatic rings. The molecule has 1 saturated carbocycles. The summed E-state index contributed by atoms with van der Waals surface area (Å²) in [6.45, 7) is 2.66. The number of benzene rings is 1. The minimum absolute atomic E-state index is 0.288. The zero-order chi connectivity index (χ0) is 26.8. The molecule has 0 amide bonds. The smallest absolute Gasteiger partial charge is 0.406 e. The third-order valence-corrected chi connectivity index (χ3v) is 7.00. The minimum Gasteiger partial charge on any atom is -0.406 e. The predicted molar refractivity (Wildman–Crippen MR) is 142 cm³/mol. The van der Waals surface area contributed by atoms with Crippen molar-refractivity contribution >= 4 is 22.4 Å². The van der Waals surface area contributed by atoms with Gasteiger partial charge >= 0.3 is 6.36 Å². The van der Waals surface area contributed by atoms with E-state index in [0.717, 1.165) is 60.9 Å². The number of ether oxygens (including phenoxy) is 1. The zero-order valence-corrected chi connectivity index (χ0v) is 21.1. The van der Waals surface area contributed by atoms with E-state index in [1.54, 1.807) is 12.4 Å². The Morgan fingerprint density at radius 2 is 1.77 bits per heavy atom. The van der Waals surface area contributed by atoms with E-state index in [4.69, 9.17) is 9.97 Å². The molecule has 3 N–H and O–H groups in total. The third kappa shape index (κ3) is 6.26. The van der Waals surface area contributed by atoms with E-state index >= 15 is 0 Å². The Kier molecular flexibility index (Phi) is 7.01. The molecule has 1 aliphatic heterocycles. The molecular weight excluding hydrogens is 507 g/mol. The van der Waals surface area contributed by atoms with Crippen molar-refractivity contribution in [1.29, 1.82) is 0 Å². The van der Waals surface area contributed by atoms with Crippen molar-refractivity contribution in [3.8, 4) is 17.1 Å². The van der Waals surface area contributed by atoms with Crippen LogP contribution in [0, 0.1) is 0 Å². The van der Waals surface area contributed by atoms with E-state index < -0.39 is 6.36 Å². The summed E-state index contributed by atoms with van der Waals surface area (Å²) in [5, 5.41) is 11.3. The number of anilines is 2. The largest absolute Gasteiger partial charge is 0.573 e. The number of fused-ring (bicyclic) bond motifs is 1. The van der Waals surface area contributed by atoms with Crippen LogP contribution in [0.4, 0.5) is 24.7 Å². The first kappa shape index (κ1) is 25.4. The van der Waals surface area contributed by atoms with Crippen molar-refractivity contribution in [2.45, 2.75) is 50.6 Å². The lowest BCUT2D eigenvalue weighted by molar-refractivity contribution is -0.274. The highest BCUT2D eigenvalue weighted by molar-refractivity contribution is 5.86. The second-order valence-corrected chi connectivity index (χ2v) is 9.92. The molecular formula is C28H28F3N7O. The molecule has 3 aromatic heterocycles. The highest BCUT2D eigenvalue weighted by Crippen LogP contribution is 2.43. The summed E-state index contributed by atoms with van der Waals surface area (Å²) in [5.74, 6) is 1.31. The lowest BCUT2D eigenvalue weighted by atomic mass is 10.0. The van der Waals surface area contributed by atoms with Crippen LogP contribution in [0.3, 0.4) is 0 Å². The number of hydrogen-bond donors (Lipinski definition) is 3. The van der Waals surface area contributed by atoms with E-state index in [1.807, 2.05) is 18.3 Å². The quantitative estimate of drug-likeness (QED) is 0.274. The molecule has 39 heavy (non-hydrogen) atoms. The van der Waals surface area contributed by atoms with Crippen LogP contribution in [0.2, 0.25) is 0 Å². The van der Waals surface area contributed by atoms with Crippen LogP contribution < -0.4 is 20.7 Å². The van der Waals surface area contributed by atoms with Crippen LogP contribution in [0.25, 0.3) is 22.3 Å². The molecule has 1 aliphatic carbocycles. The maximum Gasteiger partial charge on any atom is 0.573 e. The number of hydrogen-bond acceptors (Lipinski definition) is 8. The summed E-state index contributed by atoms with van der Waals surface area (Å²) in [7, 11) is 0. The van der Waals surface area contributed by atoms with Gasteiger partial charge < -0.3 is 20.7 Å². The predicted octanol–water partition coefficient (Wildman–Crippen LogP) is 5.45. The van der Waals surface area contributed by atoms with Crippen LogP contribution >= 0.6 is 0 Å². The number of nitrogens with one attached hydrogen (secondary N) is 3. The first-order chi connectivity index (χ1) is 18.9. The van der Waals surface area contributed by atoms with E-state index in [2.05, 4.69) is 30.7 Å². The molecule has 4 heterocycles. The number of pyridine rings is 2. The highest BCUT2D eigenvalue weighted by Gasteiger charge is 2.31. The standard InChI is InChI=1S/C28H28F3N7O/c29-28(30,31)39-21-5-3-20(4-6-21)36-25-13-18(7-12-34-25)27-37-23-15-33-14-22(17-1-2-17)26(23)24(38-27)16-35-19-8-10-32-11-9-19/h3-7,12-15,17,19,32,35H,1-2,8-11,16H2,(H,34,36). The van der Waals surface area contributed by atoms with Crippen LogP contribution in [0.5, 0.6) is 5.75 Å². The number of halogens is 3. The Bertz CT molecular complexity index is 1450. The summed E-state index contributed by atoms with van der Waals surface area (Å²) in [5.41, 5.74) is 4.34. The van der Waals surface area contributed by atoms with Gasteiger partial charge in [-0.15, -0.1) is 13.2 Å². The first-order valence-corrected chi connectivity index (χ1v) is 13.1. The molecule has 2 fully saturated rings. The van der Waals surface area contributed by atoms with Gasteiger partial charge in [0.2, 0.25) is 0 Å². The number of aromatic nitrogens is 4. The van der Waals surface area contributed by atoms with Gasteiger partial charge in [0.15, 0.2) is 5.82 Å². The average molecular weight is 536 g/mol. The SMILES string of the molecule is FC(F)(F)Oc1ccc(Nc2cc(-c3nc(CNC4CCNCC4)c4c(C5CC5)cncc4n3)ccn2)cc1. The van der Waals surface area contributed by atoms with Crippen molar-refractivity contribution in [2.24, 2.45) is 0 Å². The molecule has 11 heteroatoms. The van der Waals surface area contributed by atoms with Gasteiger partial charge in [-0.1, -0.05) is 0 Å². The lowest BCUT2D eigenvalue weighted by Crippen LogP contribution is -2.39. The van der Waals surface area contributed by atoms with E-state index in [1.165, 1.54) is 29.8 Å². The van der Waals surface area contributed by atoms with Gasteiger partial charge in [-0.25, -0.2) is 15.0 Å². The Balaban J connectivity index is 1.28. The summed E-state index contributed by atoms with van der Waals surface area (Å²) in [6.07, 6.45) is 5.14. The monoisotopic (exact) mass is 535 g/mol. The molecule has 1 saturated heterocycles. The second-order valence-electron chi connectivity index (χ2n) is 9.92. The van der Waals surface area contributed by atoms with Crippen molar-refractivity contribution in [2.75, 3.05) is 18.4 Å². The number of rotatable bonds is 8. The van der Waals surface area contributed by atoms with E-state index in [9.17, 15) is 13.2 Å². The molecule has 1 aromatic carbocycles. The fraction of sp³-hybridized carbons (Fsp3) is 0.357. The van der Waals surface area contributed by atoms with Crippen LogP contribution in [-0.4, -0.2) is 45.4 Å². The molecule has 0 unspecified atom stereocenters. The van der Waals surface area contributed by atoms with Crippen LogP contribution in [0.15, 0.2) is 55.0 Å². The van der Waals surface area contributed by atoms with Gasteiger partial charge in [0.05, 0.1) is 17.4 Å². The fourth-order valence-corrected chi connectivity index (χ4v) is 4.94. The summed E-state index contributed by atoms with van der Waals surface area (Å²) >= 11 is 0. The number of piperidine rings is 1. The summed E-state index contributed by atoms with van der Waals surface area (Å²) < 4.78 is 41.3. The second kappa shape index (κ2) is 10.7. The van der Waals surface area contributed by atoms with Crippen LogP contribution in [-0.2, 0) is 6.54 Å². The summed E-state index contributed by atoms with van der Waals surface area (Å²) in [4.78, 5) is 18.7. The van der Waals surface area contributed by atoms with Gasteiger partial charge in [-0.3, -0.25) is 4.98 Å². The van der Waals surface area contributed by atoms with Gasteiger partial charge in [-0.05, 0) is 86.7 Å². The van der Waals surface area contributed by atoms with Crippen LogP contribution in [0.1, 0.15) is 42.9 Å². The molecule has 0 spiro atoms. The Labute approximate surface area is 223 Å². The van der Waals surface area contributed by atoms with E-state index in [0.29, 0.717) is 35.8 Å². The van der Waals surface area contributed by atoms with Crippen molar-refractivity contribution < 1.29 is 17.9 Å². The molecule has 4 aromatic rings. The van der Waals surface area contributed by atoms with Gasteiger partial charge in [0.1, 0.15) is 11.6 Å². The fourth-order valence-electron chi connectivity index (χ4n) is 4.94. The molecule has 8 nitrogen and oxygen atoms in total. The van der Waals surface area contributed by atoms with Gasteiger partial charge in [0, 0.05) is 41.6 Å². The maximum absolute atomic E-state index is 12.5. The van der Waals surface area contributed by atoms with Gasteiger partial charge in [-0.2, -0.15) is 0 Å². The Morgan fingerprint density at radius 3 is 2.51 bits per heavy atom. The number of alkyl halides is 3. The number of nitrogens with zero attached hydrogens (tertiary/aromatic N) is 4. The van der Waals surface area contributed by atoms with Crippen molar-refractivity contribution in [3.05, 3.63) is 66.2 Å². The highest BCUT2D eigenvalue weighted by atomic mass is 19.4. The third-order valence-electron chi connectivity index (χ3n) is 7.00. The summed E-state index contributed by atoms with van der Waals surface area (Å²) in [6, 6.07) is 9.60. The van der Waals surface area contributed by atoms with Crippen molar-refractivity contribution in [3.63, 3.8) is 0 Å². The Morgan fingerprint density at radius 1 is 0.974 bits per heavy atom. The molecule has 0 bridgehead atoms. The normalized spacial score (nSPS) is 16.4.